The van der Waals surface area contributed by atoms with Crippen LogP contribution in [0.1, 0.15) is 18.1 Å². The van der Waals surface area contributed by atoms with Crippen LogP contribution in [0.25, 0.3) is 6.08 Å². The van der Waals surface area contributed by atoms with E-state index in [1.54, 1.807) is 48.5 Å². The van der Waals surface area contributed by atoms with Crippen LogP contribution in [0, 0.1) is 0 Å². The Morgan fingerprint density at radius 2 is 1.82 bits per heavy atom. The molecule has 9 nitrogen and oxygen atoms in total. The summed E-state index contributed by atoms with van der Waals surface area (Å²) < 4.78 is 22.7. The van der Waals surface area contributed by atoms with Crippen LogP contribution in [-0.4, -0.2) is 48.3 Å². The summed E-state index contributed by atoms with van der Waals surface area (Å²) in [5.74, 6) is 1.05. The number of rotatable bonds is 9. The molecular formula is C29H25ClN2O7S. The van der Waals surface area contributed by atoms with Gasteiger partial charge in [0, 0.05) is 22.3 Å². The van der Waals surface area contributed by atoms with Gasteiger partial charge in [-0.25, -0.2) is 0 Å². The Labute approximate surface area is 240 Å². The van der Waals surface area contributed by atoms with Crippen LogP contribution in [0.3, 0.4) is 0 Å². The van der Waals surface area contributed by atoms with Gasteiger partial charge in [0.2, 0.25) is 5.91 Å². The van der Waals surface area contributed by atoms with E-state index < -0.39 is 23.6 Å². The summed E-state index contributed by atoms with van der Waals surface area (Å²) in [7, 11) is 0. The topological polar surface area (TPSA) is 103 Å². The van der Waals surface area contributed by atoms with Gasteiger partial charge in [-0.15, -0.1) is 0 Å². The highest BCUT2D eigenvalue weighted by Crippen LogP contribution is 2.36. The third-order valence-electron chi connectivity index (χ3n) is 5.91. The van der Waals surface area contributed by atoms with Crippen molar-refractivity contribution >= 4 is 52.2 Å². The Kier molecular flexibility index (Phi) is 8.47. The molecule has 0 atom stereocenters. The predicted octanol–water partition coefficient (Wildman–Crippen LogP) is 5.76. The van der Waals surface area contributed by atoms with Gasteiger partial charge in [-0.3, -0.25) is 19.3 Å². The first kappa shape index (κ1) is 27.4. The van der Waals surface area contributed by atoms with Gasteiger partial charge in [0.1, 0.15) is 26.4 Å². The molecule has 0 saturated carbocycles. The number of ether oxygens (including phenoxy) is 4. The summed E-state index contributed by atoms with van der Waals surface area (Å²) in [5, 5.41) is 2.77. The van der Waals surface area contributed by atoms with Gasteiger partial charge < -0.3 is 24.3 Å². The molecule has 0 aromatic heterocycles. The lowest BCUT2D eigenvalue weighted by Gasteiger charge is -2.19. The number of fused-ring (bicyclic) bond motifs is 1. The van der Waals surface area contributed by atoms with Crippen molar-refractivity contribution in [3.8, 4) is 23.0 Å². The number of benzene rings is 3. The Hall–Kier alpha value is -4.15. The number of nitrogens with one attached hydrogen (secondary N) is 1. The van der Waals surface area contributed by atoms with Gasteiger partial charge in [-0.2, -0.15) is 0 Å². The van der Waals surface area contributed by atoms with E-state index in [1.165, 1.54) is 0 Å². The standard InChI is InChI=1S/C29H25ClN2O7S/c1-2-36-24-13-18(7-9-23(24)39-17-19-5-3-4-6-21(19)30)14-26-28(34)32(29(35)40-26)16-27(33)31-20-8-10-22-25(15-20)38-12-11-37-22/h3-10,13-15H,2,11-12,16-17H2,1H3,(H,31,33)/b26-14+. The molecule has 0 radical (unpaired) electrons. The minimum Gasteiger partial charge on any atom is -0.490 e. The van der Waals surface area contributed by atoms with E-state index in [9.17, 15) is 14.4 Å². The molecule has 0 unspecified atom stereocenters. The zero-order chi connectivity index (χ0) is 28.1. The minimum absolute atomic E-state index is 0.198. The van der Waals surface area contributed by atoms with Crippen molar-refractivity contribution in [1.29, 1.82) is 0 Å². The van der Waals surface area contributed by atoms with E-state index in [1.807, 2.05) is 25.1 Å². The highest BCUT2D eigenvalue weighted by Gasteiger charge is 2.36. The average molecular weight is 581 g/mol. The molecule has 1 N–H and O–H groups in total. The van der Waals surface area contributed by atoms with Crippen molar-refractivity contribution in [3.05, 3.63) is 81.7 Å². The number of anilines is 1. The Morgan fingerprint density at radius 1 is 1.02 bits per heavy atom. The fourth-order valence-electron chi connectivity index (χ4n) is 4.03. The maximum atomic E-state index is 13.0. The molecule has 3 aromatic rings. The van der Waals surface area contributed by atoms with E-state index >= 15 is 0 Å². The summed E-state index contributed by atoms with van der Waals surface area (Å²) in [6.07, 6.45) is 1.59. The fraction of sp³-hybridized carbons (Fsp3) is 0.207. The molecule has 3 aromatic carbocycles. The van der Waals surface area contributed by atoms with Crippen molar-refractivity contribution in [3.63, 3.8) is 0 Å². The maximum absolute atomic E-state index is 13.0. The third kappa shape index (κ3) is 6.35. The molecule has 40 heavy (non-hydrogen) atoms. The summed E-state index contributed by atoms with van der Waals surface area (Å²) in [6.45, 7) is 2.96. The Morgan fingerprint density at radius 3 is 2.62 bits per heavy atom. The third-order valence-corrected chi connectivity index (χ3v) is 7.18. The van der Waals surface area contributed by atoms with Gasteiger partial charge in [-0.1, -0.05) is 35.9 Å². The number of hydrogen-bond donors (Lipinski definition) is 1. The molecular weight excluding hydrogens is 556 g/mol. The van der Waals surface area contributed by atoms with Crippen LogP contribution in [0.5, 0.6) is 23.0 Å². The molecule has 5 rings (SSSR count). The van der Waals surface area contributed by atoms with Crippen molar-refractivity contribution in [2.45, 2.75) is 13.5 Å². The highest BCUT2D eigenvalue weighted by atomic mass is 35.5. The first-order chi connectivity index (χ1) is 19.4. The van der Waals surface area contributed by atoms with Crippen LogP contribution in [-0.2, 0) is 16.2 Å². The van der Waals surface area contributed by atoms with E-state index in [-0.39, 0.29) is 11.5 Å². The number of nitrogens with zero attached hydrogens (tertiary/aromatic N) is 1. The number of hydrogen-bond acceptors (Lipinski definition) is 8. The van der Waals surface area contributed by atoms with Crippen LogP contribution >= 0.6 is 23.4 Å². The van der Waals surface area contributed by atoms with Gasteiger partial charge in [-0.05, 0) is 60.7 Å². The largest absolute Gasteiger partial charge is 0.490 e. The van der Waals surface area contributed by atoms with Crippen LogP contribution < -0.4 is 24.3 Å². The van der Waals surface area contributed by atoms with Crippen LogP contribution in [0.15, 0.2) is 65.6 Å². The van der Waals surface area contributed by atoms with Crippen molar-refractivity contribution in [2.24, 2.45) is 0 Å². The predicted molar refractivity (Wildman–Crippen MR) is 152 cm³/mol. The number of thioether (sulfide) groups is 1. The quantitative estimate of drug-likeness (QED) is 0.319. The lowest BCUT2D eigenvalue weighted by atomic mass is 10.1. The van der Waals surface area contributed by atoms with E-state index in [4.69, 9.17) is 30.5 Å². The second kappa shape index (κ2) is 12.4. The normalized spacial score (nSPS) is 15.3. The number of carbonyl (C=O) groups is 3. The molecule has 0 spiro atoms. The molecule has 2 heterocycles. The fourth-order valence-corrected chi connectivity index (χ4v) is 5.05. The van der Waals surface area contributed by atoms with Gasteiger partial charge in [0.25, 0.3) is 11.1 Å². The second-order valence-electron chi connectivity index (χ2n) is 8.69. The molecule has 0 aliphatic carbocycles. The smallest absolute Gasteiger partial charge is 0.294 e. The minimum atomic E-state index is -0.552. The van der Waals surface area contributed by atoms with Crippen molar-refractivity contribution in [2.75, 3.05) is 31.7 Å². The average Bonchev–Trinajstić information content (AvgIpc) is 3.20. The molecule has 3 amide bonds. The second-order valence-corrected chi connectivity index (χ2v) is 10.1. The summed E-state index contributed by atoms with van der Waals surface area (Å²) in [4.78, 5) is 39.3. The lowest BCUT2D eigenvalue weighted by Crippen LogP contribution is -2.36. The van der Waals surface area contributed by atoms with E-state index in [0.29, 0.717) is 59.1 Å². The first-order valence-electron chi connectivity index (χ1n) is 12.5. The highest BCUT2D eigenvalue weighted by molar-refractivity contribution is 8.18. The zero-order valence-corrected chi connectivity index (χ0v) is 23.0. The summed E-state index contributed by atoms with van der Waals surface area (Å²) >= 11 is 7.00. The van der Waals surface area contributed by atoms with Crippen LogP contribution in [0.2, 0.25) is 5.02 Å². The first-order valence-corrected chi connectivity index (χ1v) is 13.7. The number of amides is 3. The molecule has 2 aliphatic heterocycles. The van der Waals surface area contributed by atoms with Gasteiger partial charge in [0.15, 0.2) is 23.0 Å². The van der Waals surface area contributed by atoms with Crippen LogP contribution in [0.4, 0.5) is 10.5 Å². The molecule has 11 heteroatoms. The van der Waals surface area contributed by atoms with Gasteiger partial charge >= 0.3 is 0 Å². The zero-order valence-electron chi connectivity index (χ0n) is 21.5. The number of carbonyl (C=O) groups excluding carboxylic acids is 3. The molecule has 1 fully saturated rings. The SMILES string of the molecule is CCOc1cc(/C=C2/SC(=O)N(CC(=O)Nc3ccc4c(c3)OCCO4)C2=O)ccc1OCc1ccccc1Cl. The number of imide groups is 1. The Balaban J connectivity index is 1.25. The van der Waals surface area contributed by atoms with Crippen molar-refractivity contribution in [1.82, 2.24) is 4.90 Å². The maximum Gasteiger partial charge on any atom is 0.294 e. The Bertz CT molecular complexity index is 1490. The van der Waals surface area contributed by atoms with E-state index in [2.05, 4.69) is 5.32 Å². The van der Waals surface area contributed by atoms with Gasteiger partial charge in [0.05, 0.1) is 11.5 Å². The molecule has 206 valence electrons. The summed E-state index contributed by atoms with van der Waals surface area (Å²) in [6, 6.07) is 17.6. The number of halogens is 1. The lowest BCUT2D eigenvalue weighted by molar-refractivity contribution is -0.127. The monoisotopic (exact) mass is 580 g/mol. The summed E-state index contributed by atoms with van der Waals surface area (Å²) in [5.41, 5.74) is 1.94. The van der Waals surface area contributed by atoms with Crippen molar-refractivity contribution < 1.29 is 33.3 Å². The molecule has 0 bridgehead atoms. The molecule has 1 saturated heterocycles. The van der Waals surface area contributed by atoms with E-state index in [0.717, 1.165) is 22.2 Å². The molecule has 2 aliphatic rings.